The molecule has 0 radical (unpaired) electrons. The number of rotatable bonds is 7. The number of carbonyl (C=O) groups is 1. The smallest absolute Gasteiger partial charge is 0.345 e. The van der Waals surface area contributed by atoms with Crippen LogP contribution in [0.5, 0.6) is 0 Å². The third-order valence-corrected chi connectivity index (χ3v) is 10.4. The Kier molecular flexibility index (Phi) is 7.53. The maximum Gasteiger partial charge on any atom is 0.345 e. The monoisotopic (exact) mass is 606 g/mol. The predicted molar refractivity (Wildman–Crippen MR) is 176 cm³/mol. The Labute approximate surface area is 258 Å². The number of thiophene rings is 1. The van der Waals surface area contributed by atoms with Crippen LogP contribution in [0.3, 0.4) is 0 Å². The van der Waals surface area contributed by atoms with Crippen LogP contribution in [0, 0.1) is 5.82 Å². The van der Waals surface area contributed by atoms with Gasteiger partial charge in [0, 0.05) is 22.4 Å². The molecule has 1 fully saturated rings. The minimum atomic E-state index is -0.873. The van der Waals surface area contributed by atoms with E-state index in [-0.39, 0.29) is 5.82 Å². The first-order valence-corrected chi connectivity index (χ1v) is 16.7. The molecule has 4 nitrogen and oxygen atoms in total. The second-order valence-corrected chi connectivity index (χ2v) is 13.2. The van der Waals surface area contributed by atoms with E-state index in [4.69, 9.17) is 4.98 Å². The zero-order chi connectivity index (χ0) is 29.5. The second-order valence-electron chi connectivity index (χ2n) is 11.3. The molecule has 3 heterocycles. The lowest BCUT2D eigenvalue weighted by molar-refractivity contribution is 0.0702. The number of carboxylic acids is 1. The number of halogens is 1. The molecule has 0 bridgehead atoms. The van der Waals surface area contributed by atoms with Crippen molar-refractivity contribution < 1.29 is 14.3 Å². The number of hydrogen-bond donors (Lipinski definition) is 1. The Balaban J connectivity index is 1.42. The summed E-state index contributed by atoms with van der Waals surface area (Å²) in [6.07, 6.45) is 7.95. The summed E-state index contributed by atoms with van der Waals surface area (Å²) in [6.45, 7) is 0.655. The van der Waals surface area contributed by atoms with E-state index in [1.807, 2.05) is 12.1 Å². The van der Waals surface area contributed by atoms with Crippen molar-refractivity contribution in [2.75, 3.05) is 6.26 Å². The van der Waals surface area contributed by atoms with Crippen LogP contribution in [0.25, 0.3) is 43.6 Å². The van der Waals surface area contributed by atoms with Gasteiger partial charge in [0.05, 0.1) is 27.1 Å². The highest BCUT2D eigenvalue weighted by Crippen LogP contribution is 2.47. The van der Waals surface area contributed by atoms with Crippen LogP contribution in [-0.4, -0.2) is 26.9 Å². The summed E-state index contributed by atoms with van der Waals surface area (Å²) in [7, 11) is 0. The van der Waals surface area contributed by atoms with Gasteiger partial charge in [0.15, 0.2) is 0 Å². The Morgan fingerprint density at radius 2 is 1.77 bits per heavy atom. The Bertz CT molecular complexity index is 1970. The van der Waals surface area contributed by atoms with Gasteiger partial charge in [-0.05, 0) is 102 Å². The summed E-state index contributed by atoms with van der Waals surface area (Å²) < 4.78 is 17.0. The number of pyridine rings is 1. The van der Waals surface area contributed by atoms with E-state index in [2.05, 4.69) is 59.4 Å². The molecule has 6 aromatic rings. The first-order valence-electron chi connectivity index (χ1n) is 14.7. The largest absolute Gasteiger partial charge is 0.477 e. The highest BCUT2D eigenvalue weighted by Gasteiger charge is 2.29. The van der Waals surface area contributed by atoms with E-state index in [1.54, 1.807) is 23.9 Å². The standard InChI is InChI=1S/C36H31FN2O2S2/c1-42-28-9-5-6-22(18-28)21-39-31-20-32(36(40)41)43-35(31)33(24-7-3-2-4-8-24)34(39)26-13-17-30-25(19-26)12-16-29(38-30)23-10-14-27(37)15-11-23/h5-6,9-20,24H,2-4,7-8,21H2,1H3,(H,40,41). The minimum Gasteiger partial charge on any atom is -0.477 e. The van der Waals surface area contributed by atoms with Gasteiger partial charge < -0.3 is 9.67 Å². The number of fused-ring (bicyclic) bond motifs is 2. The van der Waals surface area contributed by atoms with Crippen molar-refractivity contribution in [1.29, 1.82) is 0 Å². The quantitative estimate of drug-likeness (QED) is 0.184. The Hall–Kier alpha value is -3.94. The van der Waals surface area contributed by atoms with Gasteiger partial charge in [0.25, 0.3) is 0 Å². The number of aromatic carboxylic acids is 1. The summed E-state index contributed by atoms with van der Waals surface area (Å²) >= 11 is 3.14. The highest BCUT2D eigenvalue weighted by molar-refractivity contribution is 7.98. The number of hydrogen-bond acceptors (Lipinski definition) is 4. The zero-order valence-electron chi connectivity index (χ0n) is 23.8. The van der Waals surface area contributed by atoms with Crippen LogP contribution < -0.4 is 0 Å². The molecule has 0 saturated heterocycles. The summed E-state index contributed by atoms with van der Waals surface area (Å²) in [5.41, 5.74) is 8.35. The molecule has 3 aromatic heterocycles. The molecule has 1 saturated carbocycles. The summed E-state index contributed by atoms with van der Waals surface area (Å²) in [6, 6.07) is 27.4. The fourth-order valence-corrected chi connectivity index (χ4v) is 8.12. The topological polar surface area (TPSA) is 55.1 Å². The molecule has 0 aliphatic heterocycles. The maximum atomic E-state index is 13.5. The minimum absolute atomic E-state index is 0.262. The molecule has 0 spiro atoms. The molecule has 43 heavy (non-hydrogen) atoms. The molecule has 1 aliphatic carbocycles. The molecule has 0 unspecified atom stereocenters. The van der Waals surface area contributed by atoms with E-state index < -0.39 is 5.97 Å². The molecule has 216 valence electrons. The lowest BCUT2D eigenvalue weighted by Gasteiger charge is -2.24. The first-order chi connectivity index (χ1) is 21.0. The number of nitrogens with zero attached hydrogens (tertiary/aromatic N) is 2. The Morgan fingerprint density at radius 3 is 2.53 bits per heavy atom. The average Bonchev–Trinajstić information content (AvgIpc) is 3.60. The van der Waals surface area contributed by atoms with Gasteiger partial charge in [-0.25, -0.2) is 14.2 Å². The summed E-state index contributed by atoms with van der Waals surface area (Å²) in [5, 5.41) is 11.0. The molecule has 3 aromatic carbocycles. The van der Waals surface area contributed by atoms with Crippen molar-refractivity contribution in [3.05, 3.63) is 107 Å². The number of aromatic nitrogens is 2. The van der Waals surface area contributed by atoms with E-state index >= 15 is 0 Å². The van der Waals surface area contributed by atoms with Crippen LogP contribution in [0.2, 0.25) is 0 Å². The number of thioether (sulfide) groups is 1. The number of benzene rings is 3. The van der Waals surface area contributed by atoms with E-state index in [1.165, 1.54) is 64.4 Å². The third-order valence-electron chi connectivity index (χ3n) is 8.57. The van der Waals surface area contributed by atoms with Gasteiger partial charge in [0.1, 0.15) is 10.7 Å². The average molecular weight is 607 g/mol. The lowest BCUT2D eigenvalue weighted by Crippen LogP contribution is -2.08. The predicted octanol–water partition coefficient (Wildman–Crippen LogP) is 10.2. The van der Waals surface area contributed by atoms with Gasteiger partial charge in [0.2, 0.25) is 0 Å². The van der Waals surface area contributed by atoms with Gasteiger partial charge in [-0.15, -0.1) is 23.1 Å². The highest BCUT2D eigenvalue weighted by atomic mass is 32.2. The molecular formula is C36H31FN2O2S2. The van der Waals surface area contributed by atoms with Crippen LogP contribution in [0.15, 0.2) is 89.8 Å². The van der Waals surface area contributed by atoms with Crippen LogP contribution in [-0.2, 0) is 6.54 Å². The van der Waals surface area contributed by atoms with Crippen LogP contribution >= 0.6 is 23.1 Å². The SMILES string of the molecule is CSc1cccc(Cn2c(-c3ccc4nc(-c5ccc(F)cc5)ccc4c3)c(C3CCCCC3)c3sc(C(=O)O)cc32)c1. The third kappa shape index (κ3) is 5.36. The summed E-state index contributed by atoms with van der Waals surface area (Å²) in [5.74, 6) is -0.747. The Morgan fingerprint density at radius 1 is 0.977 bits per heavy atom. The van der Waals surface area contributed by atoms with Crippen molar-refractivity contribution >= 4 is 50.2 Å². The van der Waals surface area contributed by atoms with Crippen molar-refractivity contribution in [3.8, 4) is 22.5 Å². The van der Waals surface area contributed by atoms with Gasteiger partial charge in [-0.1, -0.05) is 43.5 Å². The molecular weight excluding hydrogens is 576 g/mol. The molecule has 1 N–H and O–H groups in total. The van der Waals surface area contributed by atoms with E-state index in [9.17, 15) is 14.3 Å². The van der Waals surface area contributed by atoms with E-state index in [0.717, 1.165) is 50.8 Å². The molecule has 7 heteroatoms. The number of carboxylic acid groups (broad SMARTS) is 1. The van der Waals surface area contributed by atoms with Crippen LogP contribution in [0.4, 0.5) is 4.39 Å². The molecule has 0 amide bonds. The normalized spacial score (nSPS) is 14.1. The van der Waals surface area contributed by atoms with Gasteiger partial charge in [-0.3, -0.25) is 0 Å². The summed E-state index contributed by atoms with van der Waals surface area (Å²) in [4.78, 5) is 18.6. The fraction of sp³-hybridized carbons (Fsp3) is 0.222. The lowest BCUT2D eigenvalue weighted by atomic mass is 9.83. The van der Waals surface area contributed by atoms with Crippen molar-refractivity contribution in [1.82, 2.24) is 9.55 Å². The van der Waals surface area contributed by atoms with Gasteiger partial charge in [-0.2, -0.15) is 0 Å². The first kappa shape index (κ1) is 27.9. The fourth-order valence-electron chi connectivity index (χ4n) is 6.51. The van der Waals surface area contributed by atoms with E-state index in [0.29, 0.717) is 17.3 Å². The molecule has 7 rings (SSSR count). The van der Waals surface area contributed by atoms with Crippen LogP contribution in [0.1, 0.15) is 58.8 Å². The van der Waals surface area contributed by atoms with Crippen molar-refractivity contribution in [2.24, 2.45) is 0 Å². The molecule has 0 atom stereocenters. The van der Waals surface area contributed by atoms with Crippen molar-refractivity contribution in [2.45, 2.75) is 49.5 Å². The maximum absolute atomic E-state index is 13.5. The van der Waals surface area contributed by atoms with Crippen molar-refractivity contribution in [3.63, 3.8) is 0 Å². The molecule has 1 aliphatic rings. The van der Waals surface area contributed by atoms with Gasteiger partial charge >= 0.3 is 5.97 Å². The second kappa shape index (κ2) is 11.6. The zero-order valence-corrected chi connectivity index (χ0v) is 25.5.